The van der Waals surface area contributed by atoms with Crippen LogP contribution in [0.5, 0.6) is 0 Å². The molecule has 0 aliphatic heterocycles. The maximum absolute atomic E-state index is 3.16. The molecule has 0 spiro atoms. The SMILES string of the molecule is C/C=C\C#CCCCCCCCCCC. The van der Waals surface area contributed by atoms with Crippen molar-refractivity contribution in [1.29, 1.82) is 0 Å². The standard InChI is InChI=1S/C15H26/c1-3-5-7-9-11-13-15-14-12-10-8-6-4-2/h3,5H,4,6,8,10-15H2,1-2H3/b5-3-. The highest BCUT2D eigenvalue weighted by molar-refractivity contribution is 5.14. The zero-order valence-corrected chi connectivity index (χ0v) is 10.5. The molecule has 0 N–H and O–H groups in total. The minimum absolute atomic E-state index is 1.07. The molecule has 0 heterocycles. The molecule has 0 bridgehead atoms. The highest BCUT2D eigenvalue weighted by Crippen LogP contribution is 2.08. The molecule has 0 rings (SSSR count). The lowest BCUT2D eigenvalue weighted by Crippen LogP contribution is -1.79. The van der Waals surface area contributed by atoms with E-state index >= 15 is 0 Å². The first-order valence-electron chi connectivity index (χ1n) is 6.51. The first-order valence-corrected chi connectivity index (χ1v) is 6.51. The molecule has 0 aromatic rings. The van der Waals surface area contributed by atoms with Crippen molar-refractivity contribution in [2.45, 2.75) is 71.6 Å². The van der Waals surface area contributed by atoms with Crippen LogP contribution in [-0.2, 0) is 0 Å². The normalized spacial score (nSPS) is 10.3. The summed E-state index contributed by atoms with van der Waals surface area (Å²) in [6.07, 6.45) is 16.0. The maximum atomic E-state index is 3.16. The van der Waals surface area contributed by atoms with Gasteiger partial charge in [0.05, 0.1) is 0 Å². The first kappa shape index (κ1) is 14.3. The Morgan fingerprint density at radius 3 is 2.07 bits per heavy atom. The van der Waals surface area contributed by atoms with Crippen molar-refractivity contribution in [2.24, 2.45) is 0 Å². The molecule has 0 heteroatoms. The predicted octanol–water partition coefficient (Wildman–Crippen LogP) is 5.10. The van der Waals surface area contributed by atoms with E-state index < -0.39 is 0 Å². The Bertz CT molecular complexity index is 190. The summed E-state index contributed by atoms with van der Waals surface area (Å²) in [4.78, 5) is 0. The van der Waals surface area contributed by atoms with Crippen molar-refractivity contribution in [3.63, 3.8) is 0 Å². The number of hydrogen-bond donors (Lipinski definition) is 0. The van der Waals surface area contributed by atoms with Crippen molar-refractivity contribution in [3.05, 3.63) is 12.2 Å². The number of rotatable bonds is 8. The van der Waals surface area contributed by atoms with Gasteiger partial charge in [-0.05, 0) is 19.4 Å². The van der Waals surface area contributed by atoms with Crippen LogP contribution < -0.4 is 0 Å². The van der Waals surface area contributed by atoms with Gasteiger partial charge < -0.3 is 0 Å². The van der Waals surface area contributed by atoms with E-state index in [2.05, 4.69) is 18.8 Å². The Labute approximate surface area is 96.2 Å². The van der Waals surface area contributed by atoms with E-state index in [9.17, 15) is 0 Å². The average molecular weight is 206 g/mol. The van der Waals surface area contributed by atoms with Crippen molar-refractivity contribution in [2.75, 3.05) is 0 Å². The molecule has 0 aromatic heterocycles. The summed E-state index contributed by atoms with van der Waals surface area (Å²) in [5.74, 6) is 6.18. The average Bonchev–Trinajstić information content (AvgIpc) is 2.26. The largest absolute Gasteiger partial charge is 0.0985 e. The van der Waals surface area contributed by atoms with Crippen LogP contribution in [0.4, 0.5) is 0 Å². The van der Waals surface area contributed by atoms with Crippen LogP contribution in [0.3, 0.4) is 0 Å². The van der Waals surface area contributed by atoms with Gasteiger partial charge in [-0.15, -0.1) is 0 Å². The number of unbranched alkanes of at least 4 members (excludes halogenated alkanes) is 8. The van der Waals surface area contributed by atoms with E-state index in [0.717, 1.165) is 6.42 Å². The van der Waals surface area contributed by atoms with Crippen molar-refractivity contribution < 1.29 is 0 Å². The zero-order valence-electron chi connectivity index (χ0n) is 10.5. The van der Waals surface area contributed by atoms with Gasteiger partial charge in [0.2, 0.25) is 0 Å². The molecule has 0 atom stereocenters. The van der Waals surface area contributed by atoms with Gasteiger partial charge in [0.1, 0.15) is 0 Å². The third-order valence-corrected chi connectivity index (χ3v) is 2.51. The third-order valence-electron chi connectivity index (χ3n) is 2.51. The van der Waals surface area contributed by atoms with E-state index in [1.807, 2.05) is 19.1 Å². The molecule has 15 heavy (non-hydrogen) atoms. The van der Waals surface area contributed by atoms with Crippen LogP contribution in [0, 0.1) is 11.8 Å². The van der Waals surface area contributed by atoms with Crippen LogP contribution in [-0.4, -0.2) is 0 Å². The molecule has 0 fully saturated rings. The highest BCUT2D eigenvalue weighted by Gasteiger charge is 1.89. The van der Waals surface area contributed by atoms with Gasteiger partial charge in [0, 0.05) is 6.42 Å². The third kappa shape index (κ3) is 13.3. The smallest absolute Gasteiger partial charge is 0.00922 e. The minimum atomic E-state index is 1.07. The molecule has 0 aliphatic carbocycles. The van der Waals surface area contributed by atoms with Gasteiger partial charge >= 0.3 is 0 Å². The molecular formula is C15H26. The Morgan fingerprint density at radius 2 is 1.47 bits per heavy atom. The molecule has 0 saturated heterocycles. The van der Waals surface area contributed by atoms with E-state index in [0.29, 0.717) is 0 Å². The van der Waals surface area contributed by atoms with Crippen molar-refractivity contribution >= 4 is 0 Å². The molecular weight excluding hydrogens is 180 g/mol. The molecule has 0 aromatic carbocycles. The summed E-state index contributed by atoms with van der Waals surface area (Å²) < 4.78 is 0. The van der Waals surface area contributed by atoms with Gasteiger partial charge in [-0.3, -0.25) is 0 Å². The first-order chi connectivity index (χ1) is 7.41. The molecule has 0 unspecified atom stereocenters. The van der Waals surface area contributed by atoms with Gasteiger partial charge in [-0.2, -0.15) is 0 Å². The summed E-state index contributed by atoms with van der Waals surface area (Å²) in [7, 11) is 0. The second kappa shape index (κ2) is 13.3. The van der Waals surface area contributed by atoms with Crippen molar-refractivity contribution in [3.8, 4) is 11.8 Å². The van der Waals surface area contributed by atoms with Crippen LogP contribution >= 0.6 is 0 Å². The monoisotopic (exact) mass is 206 g/mol. The quantitative estimate of drug-likeness (QED) is 0.383. The lowest BCUT2D eigenvalue weighted by molar-refractivity contribution is 0.579. The summed E-state index contributed by atoms with van der Waals surface area (Å²) in [6, 6.07) is 0. The van der Waals surface area contributed by atoms with Crippen LogP contribution in [0.2, 0.25) is 0 Å². The molecule has 0 saturated carbocycles. The zero-order chi connectivity index (χ0) is 11.2. The Hall–Kier alpha value is -0.700. The lowest BCUT2D eigenvalue weighted by Gasteiger charge is -1.98. The fourth-order valence-corrected chi connectivity index (χ4v) is 1.56. The summed E-state index contributed by atoms with van der Waals surface area (Å²) >= 11 is 0. The van der Waals surface area contributed by atoms with Gasteiger partial charge in [-0.25, -0.2) is 0 Å². The number of hydrogen-bond acceptors (Lipinski definition) is 0. The van der Waals surface area contributed by atoms with Crippen LogP contribution in [0.25, 0.3) is 0 Å². The van der Waals surface area contributed by atoms with Gasteiger partial charge in [0.25, 0.3) is 0 Å². The summed E-state index contributed by atoms with van der Waals surface area (Å²) in [5.41, 5.74) is 0. The Kier molecular flexibility index (Phi) is 12.7. The van der Waals surface area contributed by atoms with Gasteiger partial charge in [0.15, 0.2) is 0 Å². The van der Waals surface area contributed by atoms with Crippen LogP contribution in [0.1, 0.15) is 71.6 Å². The fourth-order valence-electron chi connectivity index (χ4n) is 1.56. The molecule has 86 valence electrons. The molecule has 0 radical (unpaired) electrons. The second-order valence-electron chi connectivity index (χ2n) is 4.05. The summed E-state index contributed by atoms with van der Waals surface area (Å²) in [6.45, 7) is 4.27. The second-order valence-corrected chi connectivity index (χ2v) is 4.05. The Morgan fingerprint density at radius 1 is 0.867 bits per heavy atom. The number of allylic oxidation sites excluding steroid dienone is 2. The Balaban J connectivity index is 3.02. The maximum Gasteiger partial charge on any atom is 0.00922 e. The molecule has 0 amide bonds. The minimum Gasteiger partial charge on any atom is -0.0985 e. The van der Waals surface area contributed by atoms with Crippen molar-refractivity contribution in [1.82, 2.24) is 0 Å². The highest BCUT2D eigenvalue weighted by atomic mass is 14.0. The predicted molar refractivity (Wildman–Crippen MR) is 69.8 cm³/mol. The van der Waals surface area contributed by atoms with E-state index in [1.54, 1.807) is 0 Å². The van der Waals surface area contributed by atoms with Crippen LogP contribution in [0.15, 0.2) is 12.2 Å². The summed E-state index contributed by atoms with van der Waals surface area (Å²) in [5, 5.41) is 0. The fraction of sp³-hybridized carbons (Fsp3) is 0.733. The topological polar surface area (TPSA) is 0 Å². The molecule has 0 nitrogen and oxygen atoms in total. The van der Waals surface area contributed by atoms with E-state index in [4.69, 9.17) is 0 Å². The van der Waals surface area contributed by atoms with E-state index in [1.165, 1.54) is 51.4 Å². The van der Waals surface area contributed by atoms with Gasteiger partial charge in [-0.1, -0.05) is 69.8 Å². The molecule has 0 aliphatic rings. The van der Waals surface area contributed by atoms with E-state index in [-0.39, 0.29) is 0 Å². The lowest BCUT2D eigenvalue weighted by atomic mass is 10.1.